The molecule has 6 nitrogen and oxygen atoms in total. The summed E-state index contributed by atoms with van der Waals surface area (Å²) < 4.78 is 0. The number of para-hydroxylation sites is 1. The largest absolute Gasteiger partial charge is 0.328 e. The molecule has 1 aliphatic heterocycles. The molecule has 34 heavy (non-hydrogen) atoms. The Bertz CT molecular complexity index is 1350. The second kappa shape index (κ2) is 9.09. The molecule has 1 aromatic heterocycles. The number of amides is 2. The topological polar surface area (TPSA) is 83.1 Å². The van der Waals surface area contributed by atoms with E-state index in [9.17, 15) is 9.59 Å². The molecule has 0 saturated heterocycles. The Morgan fingerprint density at radius 3 is 2.35 bits per heavy atom. The van der Waals surface area contributed by atoms with Gasteiger partial charge < -0.3 is 10.6 Å². The van der Waals surface area contributed by atoms with E-state index in [1.165, 1.54) is 12.4 Å². The molecule has 4 aromatic rings. The molecular weight excluding hydrogens is 448 g/mol. The molecule has 3 aromatic carbocycles. The molecule has 2 atom stereocenters. The van der Waals surface area contributed by atoms with Crippen LogP contribution in [-0.4, -0.2) is 23.0 Å². The lowest BCUT2D eigenvalue weighted by Crippen LogP contribution is -2.59. The molecule has 0 spiro atoms. The number of pyridine rings is 1. The normalized spacial score (nSPS) is 19.4. The number of aromatic nitrogens is 1. The highest BCUT2D eigenvalue weighted by Crippen LogP contribution is 2.42. The van der Waals surface area contributed by atoms with Crippen molar-refractivity contribution >= 4 is 29.1 Å². The number of carbonyl (C=O) groups excluding carboxylic acids is 2. The van der Waals surface area contributed by atoms with E-state index in [1.54, 1.807) is 18.2 Å². The lowest BCUT2D eigenvalue weighted by molar-refractivity contribution is -0.118. The van der Waals surface area contributed by atoms with Gasteiger partial charge >= 0.3 is 0 Å². The second-order valence-electron chi connectivity index (χ2n) is 7.95. The Kier molecular flexibility index (Phi) is 5.84. The van der Waals surface area contributed by atoms with Crippen LogP contribution in [0, 0.1) is 0 Å². The van der Waals surface area contributed by atoms with E-state index in [2.05, 4.69) is 20.9 Å². The molecule has 7 heteroatoms. The fraction of sp³-hybridized carbons (Fsp3) is 0.0741. The Hall–Kier alpha value is -4.00. The number of hydrogen-bond acceptors (Lipinski definition) is 4. The molecule has 0 saturated carbocycles. The quantitative estimate of drug-likeness (QED) is 0.416. The van der Waals surface area contributed by atoms with Gasteiger partial charge in [-0.25, -0.2) is 0 Å². The Morgan fingerprint density at radius 2 is 1.59 bits per heavy atom. The van der Waals surface area contributed by atoms with Crippen LogP contribution in [0.25, 0.3) is 0 Å². The third-order valence-electron chi connectivity index (χ3n) is 5.89. The van der Waals surface area contributed by atoms with E-state index in [1.807, 2.05) is 72.8 Å². The molecule has 0 aliphatic carbocycles. The summed E-state index contributed by atoms with van der Waals surface area (Å²) in [6, 6.07) is 28.1. The van der Waals surface area contributed by atoms with Gasteiger partial charge in [-0.2, -0.15) is 0 Å². The van der Waals surface area contributed by atoms with Crippen molar-refractivity contribution in [3.8, 4) is 0 Å². The summed E-state index contributed by atoms with van der Waals surface area (Å²) in [6.45, 7) is 0. The van der Waals surface area contributed by atoms with Crippen molar-refractivity contribution in [2.45, 2.75) is 11.7 Å². The van der Waals surface area contributed by atoms with Gasteiger partial charge in [0, 0.05) is 34.2 Å². The van der Waals surface area contributed by atoms with Crippen LogP contribution in [0.1, 0.15) is 27.0 Å². The van der Waals surface area contributed by atoms with Gasteiger partial charge in [0.1, 0.15) is 0 Å². The first-order chi connectivity index (χ1) is 16.6. The lowest BCUT2D eigenvalue weighted by atomic mass is 9.76. The van der Waals surface area contributed by atoms with Gasteiger partial charge in [-0.15, -0.1) is 0 Å². The molecule has 5 rings (SSSR count). The van der Waals surface area contributed by atoms with Crippen LogP contribution < -0.4 is 16.0 Å². The number of benzene rings is 3. The average Bonchev–Trinajstić information content (AvgIpc) is 3.00. The summed E-state index contributed by atoms with van der Waals surface area (Å²) >= 11 is 6.42. The van der Waals surface area contributed by atoms with Crippen LogP contribution in [-0.2, 0) is 10.3 Å². The van der Waals surface area contributed by atoms with E-state index in [4.69, 9.17) is 11.6 Å². The van der Waals surface area contributed by atoms with Crippen LogP contribution in [0.5, 0.6) is 0 Å². The van der Waals surface area contributed by atoms with Crippen molar-refractivity contribution in [2.24, 2.45) is 0 Å². The van der Waals surface area contributed by atoms with Gasteiger partial charge in [-0.05, 0) is 41.5 Å². The Morgan fingerprint density at radius 1 is 0.882 bits per heavy atom. The molecule has 3 N–H and O–H groups in total. The molecular formula is C27H21ClN4O2. The first-order valence-electron chi connectivity index (χ1n) is 10.8. The maximum absolute atomic E-state index is 13.3. The van der Waals surface area contributed by atoms with Crippen molar-refractivity contribution in [3.05, 3.63) is 131 Å². The number of anilines is 1. The van der Waals surface area contributed by atoms with E-state index < -0.39 is 17.6 Å². The van der Waals surface area contributed by atoms with Crippen LogP contribution in [0.3, 0.4) is 0 Å². The molecule has 168 valence electrons. The highest BCUT2D eigenvalue weighted by Gasteiger charge is 2.44. The van der Waals surface area contributed by atoms with Gasteiger partial charge in [0.2, 0.25) is 0 Å². The average molecular weight is 469 g/mol. The third kappa shape index (κ3) is 3.94. The number of halogens is 1. The molecule has 0 fully saturated rings. The van der Waals surface area contributed by atoms with Crippen LogP contribution >= 0.6 is 11.6 Å². The van der Waals surface area contributed by atoms with Gasteiger partial charge in [-0.3, -0.25) is 19.9 Å². The van der Waals surface area contributed by atoms with Gasteiger partial charge in [0.05, 0.1) is 5.54 Å². The van der Waals surface area contributed by atoms with Crippen LogP contribution in [0.2, 0.25) is 5.02 Å². The monoisotopic (exact) mass is 468 g/mol. The summed E-state index contributed by atoms with van der Waals surface area (Å²) in [7, 11) is 0. The van der Waals surface area contributed by atoms with Crippen molar-refractivity contribution in [3.63, 3.8) is 0 Å². The zero-order chi connectivity index (χ0) is 23.5. The maximum atomic E-state index is 13.3. The highest BCUT2D eigenvalue weighted by atomic mass is 35.5. The molecule has 2 unspecified atom stereocenters. The summed E-state index contributed by atoms with van der Waals surface area (Å²) in [5.41, 5.74) is 2.61. The minimum atomic E-state index is -1.05. The molecule has 1 aliphatic rings. The molecule has 0 radical (unpaired) electrons. The zero-order valence-electron chi connectivity index (χ0n) is 18.0. The van der Waals surface area contributed by atoms with Crippen molar-refractivity contribution in [2.75, 3.05) is 5.32 Å². The second-order valence-corrected chi connectivity index (χ2v) is 8.38. The first-order valence-corrected chi connectivity index (χ1v) is 11.2. The smallest absolute Gasteiger partial charge is 0.262 e. The van der Waals surface area contributed by atoms with Gasteiger partial charge in [-0.1, -0.05) is 72.3 Å². The predicted octanol–water partition coefficient (Wildman–Crippen LogP) is 4.32. The maximum Gasteiger partial charge on any atom is 0.262 e. The van der Waals surface area contributed by atoms with Crippen LogP contribution in [0.15, 0.2) is 103 Å². The van der Waals surface area contributed by atoms with E-state index >= 15 is 0 Å². The molecule has 2 heterocycles. The fourth-order valence-corrected chi connectivity index (χ4v) is 4.55. The van der Waals surface area contributed by atoms with Gasteiger partial charge in [0.25, 0.3) is 11.8 Å². The summed E-state index contributed by atoms with van der Waals surface area (Å²) in [6.07, 6.45) is 2.02. The summed E-state index contributed by atoms with van der Waals surface area (Å²) in [5, 5.41) is 9.86. The van der Waals surface area contributed by atoms with Crippen molar-refractivity contribution < 1.29 is 9.59 Å². The summed E-state index contributed by atoms with van der Waals surface area (Å²) in [5.74, 6) is -0.774. The standard InChI is InChI=1S/C27H21ClN4O2/c28-21-10-6-9-20(17-21)27(19-7-2-1-3-8-19)22-11-4-5-12-23(22)30-26(34)24(32-27)31-25(33)18-13-15-29-16-14-18/h1-17,24,32H,(H,30,34)(H,31,33). The SMILES string of the molecule is O=C(NC1NC(c2ccccc2)(c2cccc(Cl)c2)c2ccccc2NC1=O)c1ccncc1. The third-order valence-corrected chi connectivity index (χ3v) is 6.13. The molecule has 2 amide bonds. The Labute approximate surface area is 202 Å². The number of nitrogens with one attached hydrogen (secondary N) is 3. The minimum Gasteiger partial charge on any atom is -0.328 e. The number of nitrogens with zero attached hydrogens (tertiary/aromatic N) is 1. The van der Waals surface area contributed by atoms with E-state index in [-0.39, 0.29) is 5.91 Å². The predicted molar refractivity (Wildman–Crippen MR) is 131 cm³/mol. The zero-order valence-corrected chi connectivity index (χ0v) is 18.8. The fourth-order valence-electron chi connectivity index (χ4n) is 4.36. The highest BCUT2D eigenvalue weighted by molar-refractivity contribution is 6.30. The van der Waals surface area contributed by atoms with Crippen molar-refractivity contribution in [1.82, 2.24) is 15.6 Å². The molecule has 0 bridgehead atoms. The Balaban J connectivity index is 1.70. The van der Waals surface area contributed by atoms with Crippen molar-refractivity contribution in [1.29, 1.82) is 0 Å². The van der Waals surface area contributed by atoms with Gasteiger partial charge in [0.15, 0.2) is 6.17 Å². The summed E-state index contributed by atoms with van der Waals surface area (Å²) in [4.78, 5) is 30.3. The number of carbonyl (C=O) groups is 2. The van der Waals surface area contributed by atoms with Crippen LogP contribution in [0.4, 0.5) is 5.69 Å². The lowest BCUT2D eigenvalue weighted by Gasteiger charge is -2.38. The number of hydrogen-bond donors (Lipinski definition) is 3. The number of fused-ring (bicyclic) bond motifs is 1. The minimum absolute atomic E-state index is 0.380. The van der Waals surface area contributed by atoms with E-state index in [0.29, 0.717) is 16.3 Å². The first kappa shape index (κ1) is 21.8. The van der Waals surface area contributed by atoms with E-state index in [0.717, 1.165) is 16.7 Å². The number of rotatable bonds is 4.